The van der Waals surface area contributed by atoms with Crippen LogP contribution in [0.2, 0.25) is 0 Å². The first-order chi connectivity index (χ1) is 9.72. The zero-order valence-corrected chi connectivity index (χ0v) is 12.1. The maximum atomic E-state index is 12.4. The highest BCUT2D eigenvalue weighted by atomic mass is 19.1. The molecule has 5 nitrogen and oxygen atoms in total. The van der Waals surface area contributed by atoms with E-state index >= 15 is 0 Å². The quantitative estimate of drug-likeness (QED) is 0.798. The monoisotopic (exact) mass is 283 g/mol. The van der Waals surface area contributed by atoms with Gasteiger partial charge in [0, 0.05) is 37.9 Å². The Bertz CT molecular complexity index is 429. The Morgan fingerprint density at radius 1 is 1.50 bits per heavy atom. The molecule has 0 N–H and O–H groups in total. The second kappa shape index (κ2) is 7.50. The minimum Gasteiger partial charge on any atom is -0.374 e. The molecule has 1 aromatic heterocycles. The molecule has 0 saturated carbocycles. The van der Waals surface area contributed by atoms with Gasteiger partial charge in [-0.1, -0.05) is 0 Å². The van der Waals surface area contributed by atoms with Crippen molar-refractivity contribution in [2.75, 3.05) is 37.9 Å². The van der Waals surface area contributed by atoms with Crippen molar-refractivity contribution >= 4 is 5.82 Å². The van der Waals surface area contributed by atoms with Crippen molar-refractivity contribution in [3.05, 3.63) is 17.6 Å². The van der Waals surface area contributed by atoms with Gasteiger partial charge in [0.2, 0.25) is 0 Å². The summed E-state index contributed by atoms with van der Waals surface area (Å²) in [6.07, 6.45) is 0.381. The van der Waals surface area contributed by atoms with Gasteiger partial charge in [0.15, 0.2) is 5.82 Å². The van der Waals surface area contributed by atoms with Gasteiger partial charge in [0.05, 0.1) is 19.4 Å². The van der Waals surface area contributed by atoms with Crippen molar-refractivity contribution in [1.82, 2.24) is 9.97 Å². The Hall–Kier alpha value is -1.27. The molecular weight excluding hydrogens is 261 g/mol. The lowest BCUT2D eigenvalue weighted by atomic mass is 10.2. The average Bonchev–Trinajstić information content (AvgIpc) is 2.45. The van der Waals surface area contributed by atoms with E-state index in [0.717, 1.165) is 18.1 Å². The van der Waals surface area contributed by atoms with Crippen molar-refractivity contribution in [3.8, 4) is 0 Å². The summed E-state index contributed by atoms with van der Waals surface area (Å²) in [7, 11) is 0. The molecule has 6 heteroatoms. The predicted octanol–water partition coefficient (Wildman–Crippen LogP) is 1.89. The number of halogens is 1. The maximum Gasteiger partial charge on any atom is 0.156 e. The second-order valence-electron chi connectivity index (χ2n) is 4.84. The van der Waals surface area contributed by atoms with Crippen molar-refractivity contribution in [1.29, 1.82) is 0 Å². The number of ether oxygens (including phenoxy) is 2. The summed E-state index contributed by atoms with van der Waals surface area (Å²) < 4.78 is 23.3. The van der Waals surface area contributed by atoms with Crippen LogP contribution >= 0.6 is 0 Å². The lowest BCUT2D eigenvalue weighted by molar-refractivity contribution is 0.0309. The molecule has 0 bridgehead atoms. The normalized spacial score (nSPS) is 19.4. The summed E-state index contributed by atoms with van der Waals surface area (Å²) in [6.45, 7) is 6.65. The highest BCUT2D eigenvalue weighted by Crippen LogP contribution is 2.18. The molecule has 0 radical (unpaired) electrons. The number of hydrogen-bond donors (Lipinski definition) is 0. The molecule has 112 valence electrons. The number of rotatable bonds is 6. The summed E-state index contributed by atoms with van der Waals surface area (Å²) in [5.41, 5.74) is 0.915. The van der Waals surface area contributed by atoms with Crippen LogP contribution in [-0.2, 0) is 16.1 Å². The highest BCUT2D eigenvalue weighted by Gasteiger charge is 2.21. The lowest BCUT2D eigenvalue weighted by Crippen LogP contribution is -2.43. The third-order valence-electron chi connectivity index (χ3n) is 3.22. The Morgan fingerprint density at radius 3 is 3.10 bits per heavy atom. The Labute approximate surface area is 119 Å². The van der Waals surface area contributed by atoms with Gasteiger partial charge in [0.1, 0.15) is 12.4 Å². The standard InChI is InChI=1S/C14H22FN3O2/c1-3-19-10-13-16-11(2)8-14(17-13)18-6-7-20-12(9-18)4-5-15/h8,12H,3-7,9-10H2,1-2H3. The molecule has 2 rings (SSSR count). The molecule has 1 aromatic rings. The van der Waals surface area contributed by atoms with Crippen molar-refractivity contribution in [2.24, 2.45) is 0 Å². The fraction of sp³-hybridized carbons (Fsp3) is 0.714. The number of hydrogen-bond acceptors (Lipinski definition) is 5. The van der Waals surface area contributed by atoms with Crippen LogP contribution < -0.4 is 4.90 Å². The zero-order chi connectivity index (χ0) is 14.4. The van der Waals surface area contributed by atoms with Gasteiger partial charge in [0.25, 0.3) is 0 Å². The number of nitrogens with zero attached hydrogens (tertiary/aromatic N) is 3. The minimum atomic E-state index is -0.350. The first-order valence-corrected chi connectivity index (χ1v) is 7.07. The van der Waals surface area contributed by atoms with E-state index in [1.54, 1.807) is 0 Å². The molecule has 0 amide bonds. The third kappa shape index (κ3) is 4.11. The van der Waals surface area contributed by atoms with Crippen LogP contribution in [0, 0.1) is 6.92 Å². The van der Waals surface area contributed by atoms with Gasteiger partial charge in [-0.25, -0.2) is 9.97 Å². The first-order valence-electron chi connectivity index (χ1n) is 7.07. The molecule has 1 atom stereocenters. The number of morpholine rings is 1. The van der Waals surface area contributed by atoms with E-state index in [-0.39, 0.29) is 12.8 Å². The van der Waals surface area contributed by atoms with Crippen LogP contribution in [0.1, 0.15) is 24.9 Å². The molecule has 1 aliphatic rings. The summed E-state index contributed by atoms with van der Waals surface area (Å²) in [6, 6.07) is 1.95. The topological polar surface area (TPSA) is 47.5 Å². The van der Waals surface area contributed by atoms with Gasteiger partial charge in [-0.3, -0.25) is 4.39 Å². The third-order valence-corrected chi connectivity index (χ3v) is 3.22. The van der Waals surface area contributed by atoms with E-state index in [1.165, 1.54) is 0 Å². The second-order valence-corrected chi connectivity index (χ2v) is 4.84. The summed E-state index contributed by atoms with van der Waals surface area (Å²) in [5.74, 6) is 1.56. The van der Waals surface area contributed by atoms with Gasteiger partial charge in [-0.15, -0.1) is 0 Å². The smallest absolute Gasteiger partial charge is 0.156 e. The van der Waals surface area contributed by atoms with Crippen LogP contribution in [0.4, 0.5) is 10.2 Å². The fourth-order valence-electron chi connectivity index (χ4n) is 2.26. The van der Waals surface area contributed by atoms with E-state index in [0.29, 0.717) is 38.6 Å². The summed E-state index contributed by atoms with van der Waals surface area (Å²) in [4.78, 5) is 11.0. The molecule has 2 heterocycles. The molecule has 1 saturated heterocycles. The number of anilines is 1. The Kier molecular flexibility index (Phi) is 5.67. The maximum absolute atomic E-state index is 12.4. The van der Waals surface area contributed by atoms with E-state index in [4.69, 9.17) is 9.47 Å². The minimum absolute atomic E-state index is 0.0561. The zero-order valence-electron chi connectivity index (χ0n) is 12.1. The van der Waals surface area contributed by atoms with Gasteiger partial charge >= 0.3 is 0 Å². The van der Waals surface area contributed by atoms with Crippen molar-refractivity contribution < 1.29 is 13.9 Å². The molecule has 0 aromatic carbocycles. The molecule has 0 aliphatic carbocycles. The van der Waals surface area contributed by atoms with Crippen LogP contribution in [0.15, 0.2) is 6.07 Å². The van der Waals surface area contributed by atoms with E-state index in [1.807, 2.05) is 19.9 Å². The van der Waals surface area contributed by atoms with Crippen molar-refractivity contribution in [3.63, 3.8) is 0 Å². The predicted molar refractivity (Wildman–Crippen MR) is 74.6 cm³/mol. The van der Waals surface area contributed by atoms with Crippen LogP contribution in [0.5, 0.6) is 0 Å². The number of aromatic nitrogens is 2. The molecule has 1 fully saturated rings. The molecule has 0 spiro atoms. The van der Waals surface area contributed by atoms with Gasteiger partial charge in [-0.05, 0) is 13.8 Å². The molecule has 20 heavy (non-hydrogen) atoms. The first kappa shape index (κ1) is 15.1. The van der Waals surface area contributed by atoms with Gasteiger partial charge in [-0.2, -0.15) is 0 Å². The highest BCUT2D eigenvalue weighted by molar-refractivity contribution is 5.40. The number of alkyl halides is 1. The fourth-order valence-corrected chi connectivity index (χ4v) is 2.26. The Morgan fingerprint density at radius 2 is 2.35 bits per heavy atom. The average molecular weight is 283 g/mol. The summed E-state index contributed by atoms with van der Waals surface area (Å²) >= 11 is 0. The van der Waals surface area contributed by atoms with Crippen LogP contribution in [0.25, 0.3) is 0 Å². The molecule has 1 unspecified atom stereocenters. The van der Waals surface area contributed by atoms with Crippen molar-refractivity contribution in [2.45, 2.75) is 33.0 Å². The lowest BCUT2D eigenvalue weighted by Gasteiger charge is -2.33. The SMILES string of the molecule is CCOCc1nc(C)cc(N2CCOC(CCF)C2)n1. The van der Waals surface area contributed by atoms with Gasteiger partial charge < -0.3 is 14.4 Å². The molecular formula is C14H22FN3O2. The Balaban J connectivity index is 2.08. The molecule has 1 aliphatic heterocycles. The largest absolute Gasteiger partial charge is 0.374 e. The number of aryl methyl sites for hydroxylation is 1. The summed E-state index contributed by atoms with van der Waals surface area (Å²) in [5, 5.41) is 0. The van der Waals surface area contributed by atoms with E-state index < -0.39 is 0 Å². The van der Waals surface area contributed by atoms with E-state index in [2.05, 4.69) is 14.9 Å². The van der Waals surface area contributed by atoms with E-state index in [9.17, 15) is 4.39 Å². The van der Waals surface area contributed by atoms with Crippen LogP contribution in [-0.4, -0.2) is 49.0 Å². The van der Waals surface area contributed by atoms with Crippen LogP contribution in [0.3, 0.4) is 0 Å².